The highest BCUT2D eigenvalue weighted by molar-refractivity contribution is 7.89. The third-order valence-corrected chi connectivity index (χ3v) is 8.09. The number of ether oxygens (including phenoxy) is 1. The molecule has 0 radical (unpaired) electrons. The number of rotatable bonds is 6. The third-order valence-electron chi connectivity index (χ3n) is 5.58. The van der Waals surface area contributed by atoms with E-state index in [1.165, 1.54) is 38.2 Å². The lowest BCUT2D eigenvalue weighted by atomic mass is 10.2. The summed E-state index contributed by atoms with van der Waals surface area (Å²) in [4.78, 5) is 26.9. The van der Waals surface area contributed by atoms with Crippen molar-refractivity contribution in [3.63, 3.8) is 0 Å². The maximum absolute atomic E-state index is 12.8. The second-order valence-electron chi connectivity index (χ2n) is 7.81. The number of carbonyl (C=O) groups excluding carboxylic acids is 2. The highest BCUT2D eigenvalue weighted by atomic mass is 35.5. The molecule has 9 nitrogen and oxygen atoms in total. The van der Waals surface area contributed by atoms with Crippen molar-refractivity contribution in [1.82, 2.24) is 19.0 Å². The predicted octanol–water partition coefficient (Wildman–Crippen LogP) is 3.18. The van der Waals surface area contributed by atoms with Gasteiger partial charge in [-0.15, -0.1) is 0 Å². The molecule has 1 aliphatic heterocycles. The molecule has 1 aromatic heterocycles. The molecule has 1 aliphatic rings. The quantitative estimate of drug-likeness (QED) is 0.448. The van der Waals surface area contributed by atoms with E-state index in [0.717, 1.165) is 0 Å². The molecule has 184 valence electrons. The van der Waals surface area contributed by atoms with Gasteiger partial charge in [-0.25, -0.2) is 17.9 Å². The molecule has 12 heteroatoms. The molecular formula is C23H22Cl2N4O5S. The van der Waals surface area contributed by atoms with E-state index in [-0.39, 0.29) is 41.8 Å². The second kappa shape index (κ2) is 10.4. The summed E-state index contributed by atoms with van der Waals surface area (Å²) in [5.41, 5.74) is 1.14. The van der Waals surface area contributed by atoms with Crippen molar-refractivity contribution in [2.24, 2.45) is 0 Å². The van der Waals surface area contributed by atoms with Gasteiger partial charge in [0.05, 0.1) is 16.3 Å². The summed E-state index contributed by atoms with van der Waals surface area (Å²) in [5.74, 6) is -1.18. The van der Waals surface area contributed by atoms with E-state index in [2.05, 4.69) is 5.10 Å². The summed E-state index contributed by atoms with van der Waals surface area (Å²) in [5, 5.41) is 4.83. The summed E-state index contributed by atoms with van der Waals surface area (Å²) in [6.45, 7) is 1.74. The van der Waals surface area contributed by atoms with E-state index >= 15 is 0 Å². The largest absolute Gasteiger partial charge is 0.452 e. The summed E-state index contributed by atoms with van der Waals surface area (Å²) in [6.07, 6.45) is 0. The molecule has 4 rings (SSSR count). The van der Waals surface area contributed by atoms with Gasteiger partial charge < -0.3 is 9.64 Å². The number of halogens is 2. The van der Waals surface area contributed by atoms with Crippen LogP contribution in [0.15, 0.2) is 59.5 Å². The Labute approximate surface area is 212 Å². The Balaban J connectivity index is 1.34. The van der Waals surface area contributed by atoms with Crippen molar-refractivity contribution in [2.45, 2.75) is 11.8 Å². The first-order valence-corrected chi connectivity index (χ1v) is 12.9. The Kier molecular flexibility index (Phi) is 7.46. The molecular weight excluding hydrogens is 515 g/mol. The Bertz CT molecular complexity index is 1340. The highest BCUT2D eigenvalue weighted by Gasteiger charge is 2.31. The second-order valence-corrected chi connectivity index (χ2v) is 10.5. The molecule has 2 heterocycles. The number of benzene rings is 2. The fourth-order valence-electron chi connectivity index (χ4n) is 3.70. The summed E-state index contributed by atoms with van der Waals surface area (Å²) in [6, 6.07) is 15.0. The zero-order valence-electron chi connectivity index (χ0n) is 18.7. The number of aromatic nitrogens is 2. The molecule has 0 bridgehead atoms. The molecule has 35 heavy (non-hydrogen) atoms. The maximum Gasteiger partial charge on any atom is 0.343 e. The van der Waals surface area contributed by atoms with Gasteiger partial charge in [-0.05, 0) is 43.3 Å². The monoisotopic (exact) mass is 536 g/mol. The average molecular weight is 537 g/mol. The Morgan fingerprint density at radius 2 is 1.60 bits per heavy atom. The Hall–Kier alpha value is -2.92. The van der Waals surface area contributed by atoms with Crippen LogP contribution in [0.3, 0.4) is 0 Å². The van der Waals surface area contributed by atoms with Crippen molar-refractivity contribution in [1.29, 1.82) is 0 Å². The van der Waals surface area contributed by atoms with Crippen LogP contribution in [0.1, 0.15) is 16.1 Å². The Morgan fingerprint density at radius 1 is 0.971 bits per heavy atom. The number of para-hydroxylation sites is 1. The fraction of sp³-hybridized carbons (Fsp3) is 0.261. The first-order valence-electron chi connectivity index (χ1n) is 10.7. The molecule has 0 spiro atoms. The topological polar surface area (TPSA) is 102 Å². The van der Waals surface area contributed by atoms with Crippen LogP contribution in [0.2, 0.25) is 10.2 Å². The molecule has 0 aliphatic carbocycles. The van der Waals surface area contributed by atoms with E-state index < -0.39 is 28.5 Å². The molecule has 0 atom stereocenters. The summed E-state index contributed by atoms with van der Waals surface area (Å²) >= 11 is 12.2. The number of esters is 1. The Morgan fingerprint density at radius 3 is 2.23 bits per heavy atom. The molecule has 1 amide bonds. The first-order chi connectivity index (χ1) is 16.7. The van der Waals surface area contributed by atoms with Crippen LogP contribution in [0.25, 0.3) is 5.69 Å². The lowest BCUT2D eigenvalue weighted by Gasteiger charge is -2.33. The van der Waals surface area contributed by atoms with E-state index in [1.54, 1.807) is 19.1 Å². The first kappa shape index (κ1) is 25.2. The zero-order chi connectivity index (χ0) is 25.2. The number of carbonyl (C=O) groups is 2. The molecule has 2 aromatic carbocycles. The van der Waals surface area contributed by atoms with Gasteiger partial charge in [0.15, 0.2) is 6.61 Å². The van der Waals surface area contributed by atoms with Crippen molar-refractivity contribution in [3.8, 4) is 5.69 Å². The summed E-state index contributed by atoms with van der Waals surface area (Å²) in [7, 11) is -3.69. The smallest absolute Gasteiger partial charge is 0.343 e. The summed E-state index contributed by atoms with van der Waals surface area (Å²) < 4.78 is 33.6. The van der Waals surface area contributed by atoms with Crippen molar-refractivity contribution < 1.29 is 22.7 Å². The lowest BCUT2D eigenvalue weighted by molar-refractivity contribution is -0.135. The van der Waals surface area contributed by atoms with Crippen LogP contribution in [-0.2, 0) is 19.6 Å². The molecule has 0 saturated carbocycles. The van der Waals surface area contributed by atoms with Gasteiger partial charge in [0.1, 0.15) is 10.7 Å². The van der Waals surface area contributed by atoms with Crippen molar-refractivity contribution >= 4 is 45.1 Å². The van der Waals surface area contributed by atoms with Gasteiger partial charge in [0, 0.05) is 31.2 Å². The van der Waals surface area contributed by atoms with Gasteiger partial charge in [-0.3, -0.25) is 4.79 Å². The molecule has 0 N–H and O–H groups in total. The molecule has 1 saturated heterocycles. The van der Waals surface area contributed by atoms with Crippen molar-refractivity contribution in [2.75, 3.05) is 32.8 Å². The molecule has 3 aromatic rings. The van der Waals surface area contributed by atoms with Crippen LogP contribution in [0, 0.1) is 6.92 Å². The van der Waals surface area contributed by atoms with E-state index in [0.29, 0.717) is 16.4 Å². The highest BCUT2D eigenvalue weighted by Crippen LogP contribution is 2.24. The minimum atomic E-state index is -3.69. The van der Waals surface area contributed by atoms with Crippen LogP contribution in [0.5, 0.6) is 0 Å². The van der Waals surface area contributed by atoms with Crippen LogP contribution < -0.4 is 0 Å². The van der Waals surface area contributed by atoms with E-state index in [1.807, 2.05) is 18.2 Å². The standard InChI is InChI=1S/C23H22Cl2N4O5S/c1-16-21(22(25)29(26-16)18-5-3-2-4-6-18)23(31)34-15-20(30)27-11-13-28(14-12-27)35(32,33)19-9-7-17(24)8-10-19/h2-10H,11-15H2,1H3. The maximum atomic E-state index is 12.8. The minimum absolute atomic E-state index is 0.0854. The van der Waals surface area contributed by atoms with Gasteiger partial charge in [0.2, 0.25) is 10.0 Å². The number of nitrogens with zero attached hydrogens (tertiary/aromatic N) is 4. The molecule has 0 unspecified atom stereocenters. The lowest BCUT2D eigenvalue weighted by Crippen LogP contribution is -2.51. The fourth-order valence-corrected chi connectivity index (χ4v) is 5.59. The minimum Gasteiger partial charge on any atom is -0.452 e. The van der Waals surface area contributed by atoms with Crippen LogP contribution >= 0.6 is 23.2 Å². The van der Waals surface area contributed by atoms with Crippen LogP contribution in [0.4, 0.5) is 0 Å². The normalized spacial score (nSPS) is 14.7. The SMILES string of the molecule is Cc1nn(-c2ccccc2)c(Cl)c1C(=O)OCC(=O)N1CCN(S(=O)(=O)c2ccc(Cl)cc2)CC1. The molecule has 1 fully saturated rings. The number of aryl methyl sites for hydroxylation is 1. The zero-order valence-corrected chi connectivity index (χ0v) is 21.1. The van der Waals surface area contributed by atoms with E-state index in [9.17, 15) is 18.0 Å². The number of hydrogen-bond donors (Lipinski definition) is 0. The third kappa shape index (κ3) is 5.35. The van der Waals surface area contributed by atoms with Crippen LogP contribution in [-0.4, -0.2) is 72.1 Å². The van der Waals surface area contributed by atoms with Gasteiger partial charge in [0.25, 0.3) is 5.91 Å². The van der Waals surface area contributed by atoms with Gasteiger partial charge in [-0.2, -0.15) is 9.40 Å². The van der Waals surface area contributed by atoms with Gasteiger partial charge in [-0.1, -0.05) is 41.4 Å². The predicted molar refractivity (Wildman–Crippen MR) is 130 cm³/mol. The number of sulfonamides is 1. The van der Waals surface area contributed by atoms with E-state index in [4.69, 9.17) is 27.9 Å². The number of hydrogen-bond acceptors (Lipinski definition) is 6. The van der Waals surface area contributed by atoms with Gasteiger partial charge >= 0.3 is 5.97 Å². The average Bonchev–Trinajstić information content (AvgIpc) is 3.17. The number of piperazine rings is 1. The van der Waals surface area contributed by atoms with Crippen molar-refractivity contribution in [3.05, 3.63) is 76.0 Å². The number of amides is 1.